The summed E-state index contributed by atoms with van der Waals surface area (Å²) in [5.74, 6) is 0.516. The summed E-state index contributed by atoms with van der Waals surface area (Å²) in [7, 11) is 0. The van der Waals surface area contributed by atoms with Gasteiger partial charge < -0.3 is 4.74 Å². The second-order valence-electron chi connectivity index (χ2n) is 5.59. The molecular formula is C15H19NO3. The minimum atomic E-state index is -0.279. The van der Waals surface area contributed by atoms with Crippen LogP contribution in [0.4, 0.5) is 5.69 Å². The van der Waals surface area contributed by atoms with Crippen molar-refractivity contribution in [2.75, 3.05) is 0 Å². The highest BCUT2D eigenvalue weighted by atomic mass is 16.6. The normalized spacial score (nSPS) is 19.8. The molecule has 0 spiro atoms. The highest BCUT2D eigenvalue weighted by Gasteiger charge is 2.30. The zero-order valence-corrected chi connectivity index (χ0v) is 11.0. The summed E-state index contributed by atoms with van der Waals surface area (Å²) in [6.45, 7) is 0.396. The molecule has 0 radical (unpaired) electrons. The summed E-state index contributed by atoms with van der Waals surface area (Å²) in [6, 6.07) is 5.42. The predicted molar refractivity (Wildman–Crippen MR) is 72.1 cm³/mol. The first-order valence-corrected chi connectivity index (χ1v) is 7.13. The fourth-order valence-corrected chi connectivity index (χ4v) is 2.95. The number of nitro benzene ring substituents is 1. The maximum Gasteiger partial charge on any atom is 0.275 e. The lowest BCUT2D eigenvalue weighted by Crippen LogP contribution is -2.10. The van der Waals surface area contributed by atoms with E-state index in [1.54, 1.807) is 12.1 Å². The summed E-state index contributed by atoms with van der Waals surface area (Å²) in [4.78, 5) is 10.9. The quantitative estimate of drug-likeness (QED) is 0.596. The smallest absolute Gasteiger partial charge is 0.275 e. The Morgan fingerprint density at radius 2 is 1.95 bits per heavy atom. The van der Waals surface area contributed by atoms with Crippen LogP contribution in [0.5, 0.6) is 0 Å². The topological polar surface area (TPSA) is 52.4 Å². The van der Waals surface area contributed by atoms with Gasteiger partial charge in [0.25, 0.3) is 5.69 Å². The summed E-state index contributed by atoms with van der Waals surface area (Å²) in [6.07, 6.45) is 7.23. The first kappa shape index (κ1) is 12.6. The molecule has 0 atom stereocenters. The highest BCUT2D eigenvalue weighted by Crippen LogP contribution is 2.44. The zero-order chi connectivity index (χ0) is 13.2. The number of nitrogens with zero attached hydrogens (tertiary/aromatic N) is 1. The van der Waals surface area contributed by atoms with Crippen LogP contribution in [0.15, 0.2) is 18.2 Å². The molecule has 0 saturated heterocycles. The van der Waals surface area contributed by atoms with Crippen LogP contribution in [0.1, 0.15) is 55.6 Å². The van der Waals surface area contributed by atoms with Gasteiger partial charge in [0.1, 0.15) is 0 Å². The second-order valence-corrected chi connectivity index (χ2v) is 5.59. The Morgan fingerprint density at radius 1 is 1.21 bits per heavy atom. The van der Waals surface area contributed by atoms with Crippen LogP contribution in [0.3, 0.4) is 0 Å². The molecule has 2 aliphatic rings. The van der Waals surface area contributed by atoms with E-state index in [-0.39, 0.29) is 10.6 Å². The molecule has 0 amide bonds. The van der Waals surface area contributed by atoms with Gasteiger partial charge in [-0.15, -0.1) is 0 Å². The predicted octanol–water partition coefficient (Wildman–Crippen LogP) is 3.93. The number of benzene rings is 1. The van der Waals surface area contributed by atoms with Crippen LogP contribution in [-0.2, 0) is 11.3 Å². The molecule has 0 aromatic heterocycles. The Morgan fingerprint density at radius 3 is 2.58 bits per heavy atom. The SMILES string of the molecule is O=[N+]([O-])c1cccc(C2CC2)c1COC1CCCC1. The summed E-state index contributed by atoms with van der Waals surface area (Å²) in [5, 5.41) is 11.2. The fraction of sp³-hybridized carbons (Fsp3) is 0.600. The molecule has 0 N–H and O–H groups in total. The van der Waals surface area contributed by atoms with Gasteiger partial charge in [-0.1, -0.05) is 25.0 Å². The summed E-state index contributed by atoms with van der Waals surface area (Å²) >= 11 is 0. The van der Waals surface area contributed by atoms with E-state index in [1.807, 2.05) is 6.07 Å². The average molecular weight is 261 g/mol. The summed E-state index contributed by atoms with van der Waals surface area (Å²) in [5.41, 5.74) is 2.16. The van der Waals surface area contributed by atoms with E-state index in [9.17, 15) is 10.1 Å². The van der Waals surface area contributed by atoms with Gasteiger partial charge in [0.15, 0.2) is 0 Å². The standard InChI is InChI=1S/C15H19NO3/c17-16(18)15-7-3-6-13(11-8-9-11)14(15)10-19-12-4-1-2-5-12/h3,6-7,11-12H,1-2,4-5,8-10H2. The zero-order valence-electron chi connectivity index (χ0n) is 11.0. The van der Waals surface area contributed by atoms with Crippen molar-refractivity contribution in [1.29, 1.82) is 0 Å². The van der Waals surface area contributed by atoms with Crippen LogP contribution < -0.4 is 0 Å². The average Bonchev–Trinajstić information content (AvgIpc) is 3.12. The highest BCUT2D eigenvalue weighted by molar-refractivity contribution is 5.47. The van der Waals surface area contributed by atoms with Crippen molar-refractivity contribution in [3.63, 3.8) is 0 Å². The van der Waals surface area contributed by atoms with Crippen molar-refractivity contribution in [3.05, 3.63) is 39.4 Å². The van der Waals surface area contributed by atoms with Gasteiger partial charge in [0.2, 0.25) is 0 Å². The van der Waals surface area contributed by atoms with Crippen molar-refractivity contribution < 1.29 is 9.66 Å². The number of ether oxygens (including phenoxy) is 1. The lowest BCUT2D eigenvalue weighted by atomic mass is 10.0. The van der Waals surface area contributed by atoms with Crippen molar-refractivity contribution in [2.24, 2.45) is 0 Å². The van der Waals surface area contributed by atoms with Gasteiger partial charge in [-0.05, 0) is 37.2 Å². The van der Waals surface area contributed by atoms with E-state index >= 15 is 0 Å². The molecule has 19 heavy (non-hydrogen) atoms. The molecule has 3 rings (SSSR count). The van der Waals surface area contributed by atoms with Gasteiger partial charge in [0.05, 0.1) is 23.2 Å². The molecule has 1 aromatic rings. The molecule has 4 nitrogen and oxygen atoms in total. The van der Waals surface area contributed by atoms with Crippen LogP contribution in [0.25, 0.3) is 0 Å². The van der Waals surface area contributed by atoms with Crippen molar-refractivity contribution in [2.45, 2.75) is 57.2 Å². The first-order valence-electron chi connectivity index (χ1n) is 7.13. The van der Waals surface area contributed by atoms with Crippen molar-refractivity contribution in [3.8, 4) is 0 Å². The fourth-order valence-electron chi connectivity index (χ4n) is 2.95. The van der Waals surface area contributed by atoms with Crippen molar-refractivity contribution in [1.82, 2.24) is 0 Å². The third kappa shape index (κ3) is 2.78. The molecule has 4 heteroatoms. The summed E-state index contributed by atoms with van der Waals surface area (Å²) < 4.78 is 5.89. The van der Waals surface area contributed by atoms with Gasteiger partial charge >= 0.3 is 0 Å². The molecule has 1 aromatic carbocycles. The number of hydrogen-bond donors (Lipinski definition) is 0. The molecule has 2 aliphatic carbocycles. The second kappa shape index (κ2) is 5.29. The van der Waals surface area contributed by atoms with Crippen LogP contribution in [0.2, 0.25) is 0 Å². The van der Waals surface area contributed by atoms with Crippen LogP contribution in [-0.4, -0.2) is 11.0 Å². The molecule has 2 saturated carbocycles. The van der Waals surface area contributed by atoms with Crippen LogP contribution in [0, 0.1) is 10.1 Å². The molecule has 0 heterocycles. The Balaban J connectivity index is 1.81. The lowest BCUT2D eigenvalue weighted by Gasteiger charge is -2.14. The van der Waals surface area contributed by atoms with E-state index in [0.717, 1.165) is 36.8 Å². The Labute approximate surface area is 112 Å². The third-order valence-corrected chi connectivity index (χ3v) is 4.17. The first-order chi connectivity index (χ1) is 9.25. The Bertz CT molecular complexity index is 476. The van der Waals surface area contributed by atoms with Crippen LogP contribution >= 0.6 is 0 Å². The number of nitro groups is 1. The minimum Gasteiger partial charge on any atom is -0.373 e. The molecule has 2 fully saturated rings. The molecule has 0 aliphatic heterocycles. The maximum atomic E-state index is 11.2. The molecular weight excluding hydrogens is 242 g/mol. The van der Waals surface area contributed by atoms with E-state index in [1.165, 1.54) is 12.8 Å². The van der Waals surface area contributed by atoms with Gasteiger partial charge in [-0.25, -0.2) is 0 Å². The third-order valence-electron chi connectivity index (χ3n) is 4.17. The minimum absolute atomic E-state index is 0.224. The van der Waals surface area contributed by atoms with E-state index in [0.29, 0.717) is 18.6 Å². The van der Waals surface area contributed by atoms with E-state index < -0.39 is 0 Å². The number of rotatable bonds is 5. The van der Waals surface area contributed by atoms with Crippen molar-refractivity contribution >= 4 is 5.69 Å². The lowest BCUT2D eigenvalue weighted by molar-refractivity contribution is -0.386. The van der Waals surface area contributed by atoms with Gasteiger partial charge in [0, 0.05) is 6.07 Å². The maximum absolute atomic E-state index is 11.2. The van der Waals surface area contributed by atoms with Gasteiger partial charge in [-0.3, -0.25) is 10.1 Å². The number of hydrogen-bond acceptors (Lipinski definition) is 3. The Kier molecular flexibility index (Phi) is 3.51. The largest absolute Gasteiger partial charge is 0.373 e. The Hall–Kier alpha value is -1.42. The van der Waals surface area contributed by atoms with Gasteiger partial charge in [-0.2, -0.15) is 0 Å². The molecule has 102 valence electrons. The van der Waals surface area contributed by atoms with E-state index in [2.05, 4.69) is 0 Å². The molecule has 0 bridgehead atoms. The monoisotopic (exact) mass is 261 g/mol. The van der Waals surface area contributed by atoms with E-state index in [4.69, 9.17) is 4.74 Å². The molecule has 0 unspecified atom stereocenters.